The van der Waals surface area contributed by atoms with E-state index in [1.54, 1.807) is 16.8 Å². The molecular weight excluding hydrogens is 282 g/mol. The standard InChI is InChI=1S/C15H24N5O2/c1-20(10-5-2-6-11-20)12-8-16-15-14(19(21)22)13-7-3-4-9-18(13)17-15/h3-4,7,9,21-22H,2,5-6,8,10-12H2,1H3,(H,16,17)/q+1. The molecule has 0 saturated carbocycles. The largest absolute Gasteiger partial charge is 0.361 e. The summed E-state index contributed by atoms with van der Waals surface area (Å²) in [5, 5.41) is 26.7. The summed E-state index contributed by atoms with van der Waals surface area (Å²) in [4.78, 5) is 0. The van der Waals surface area contributed by atoms with E-state index in [0.29, 0.717) is 11.3 Å². The van der Waals surface area contributed by atoms with E-state index in [1.807, 2.05) is 12.1 Å². The van der Waals surface area contributed by atoms with Crippen molar-refractivity contribution in [3.05, 3.63) is 24.4 Å². The summed E-state index contributed by atoms with van der Waals surface area (Å²) >= 11 is 0. The molecule has 0 aromatic carbocycles. The van der Waals surface area contributed by atoms with Crippen LogP contribution in [0.25, 0.3) is 5.52 Å². The molecule has 0 radical (unpaired) electrons. The molecule has 0 atom stereocenters. The number of likely N-dealkylation sites (tertiary alicyclic amines) is 1. The first-order valence-electron chi connectivity index (χ1n) is 7.82. The maximum atomic E-state index is 9.48. The fraction of sp³-hybridized carbons (Fsp3) is 0.533. The first kappa shape index (κ1) is 15.1. The molecule has 3 rings (SSSR count). The Kier molecular flexibility index (Phi) is 4.19. The van der Waals surface area contributed by atoms with E-state index in [2.05, 4.69) is 17.5 Å². The average molecular weight is 306 g/mol. The number of hydrogen-bond donors (Lipinski definition) is 3. The number of aromatic nitrogens is 2. The molecule has 1 fully saturated rings. The Morgan fingerprint density at radius 2 is 2.05 bits per heavy atom. The number of quaternary nitrogens is 1. The highest BCUT2D eigenvalue weighted by atomic mass is 16.8. The second-order valence-corrected chi connectivity index (χ2v) is 6.29. The van der Waals surface area contributed by atoms with E-state index >= 15 is 0 Å². The fourth-order valence-corrected chi connectivity index (χ4v) is 3.25. The number of likely N-dealkylation sites (N-methyl/N-ethyl adjacent to an activating group) is 1. The lowest BCUT2D eigenvalue weighted by molar-refractivity contribution is -0.912. The molecule has 0 spiro atoms. The van der Waals surface area contributed by atoms with Gasteiger partial charge in [0.05, 0.1) is 38.7 Å². The lowest BCUT2D eigenvalue weighted by atomic mass is 10.1. The zero-order valence-electron chi connectivity index (χ0n) is 12.9. The molecular formula is C15H24N5O2+. The van der Waals surface area contributed by atoms with Crippen molar-refractivity contribution in [3.8, 4) is 0 Å². The Morgan fingerprint density at radius 3 is 2.77 bits per heavy atom. The summed E-state index contributed by atoms with van der Waals surface area (Å²) in [6.07, 6.45) is 5.70. The number of anilines is 2. The molecule has 0 unspecified atom stereocenters. The lowest BCUT2D eigenvalue weighted by Gasteiger charge is -2.37. The second-order valence-electron chi connectivity index (χ2n) is 6.29. The van der Waals surface area contributed by atoms with Crippen LogP contribution in [0.1, 0.15) is 19.3 Å². The SMILES string of the molecule is C[N+]1(CCNc2nn3ccccc3c2N(O)O)CCCCC1. The minimum atomic E-state index is 0.141. The number of hydrogen-bond acceptors (Lipinski definition) is 5. The number of fused-ring (bicyclic) bond motifs is 1. The Labute approximate surface area is 129 Å². The predicted octanol–water partition coefficient (Wildman–Crippen LogP) is 1.96. The molecule has 1 saturated heterocycles. The van der Waals surface area contributed by atoms with Crippen molar-refractivity contribution in [2.75, 3.05) is 43.8 Å². The monoisotopic (exact) mass is 306 g/mol. The Bertz CT molecular complexity index is 634. The maximum Gasteiger partial charge on any atom is 0.178 e. The van der Waals surface area contributed by atoms with Crippen molar-refractivity contribution in [3.63, 3.8) is 0 Å². The van der Waals surface area contributed by atoms with Gasteiger partial charge in [-0.3, -0.25) is 10.4 Å². The van der Waals surface area contributed by atoms with Crippen LogP contribution >= 0.6 is 0 Å². The molecule has 7 nitrogen and oxygen atoms in total. The molecule has 0 amide bonds. The fourth-order valence-electron chi connectivity index (χ4n) is 3.25. The van der Waals surface area contributed by atoms with Gasteiger partial charge in [0, 0.05) is 6.20 Å². The minimum absolute atomic E-state index is 0.141. The molecule has 1 aliphatic heterocycles. The van der Waals surface area contributed by atoms with E-state index in [4.69, 9.17) is 0 Å². The van der Waals surface area contributed by atoms with Gasteiger partial charge in [-0.15, -0.1) is 10.3 Å². The normalized spacial score (nSPS) is 17.6. The average Bonchev–Trinajstić information content (AvgIpc) is 2.86. The van der Waals surface area contributed by atoms with Gasteiger partial charge in [0.2, 0.25) is 0 Å². The zero-order chi connectivity index (χ0) is 15.6. The molecule has 0 bridgehead atoms. The van der Waals surface area contributed by atoms with Crippen molar-refractivity contribution in [2.45, 2.75) is 19.3 Å². The van der Waals surface area contributed by atoms with Gasteiger partial charge >= 0.3 is 0 Å². The highest BCUT2D eigenvalue weighted by Gasteiger charge is 2.24. The first-order valence-corrected chi connectivity index (χ1v) is 7.82. The maximum absolute atomic E-state index is 9.48. The van der Waals surface area contributed by atoms with Gasteiger partial charge in [-0.25, -0.2) is 4.52 Å². The number of piperidine rings is 1. The van der Waals surface area contributed by atoms with Crippen molar-refractivity contribution in [1.82, 2.24) is 9.61 Å². The second kappa shape index (κ2) is 6.12. The van der Waals surface area contributed by atoms with Crippen molar-refractivity contribution in [2.24, 2.45) is 0 Å². The third-order valence-electron chi connectivity index (χ3n) is 4.55. The quantitative estimate of drug-likeness (QED) is 0.582. The molecule has 7 heteroatoms. The first-order chi connectivity index (χ1) is 10.6. The molecule has 3 heterocycles. The molecule has 3 N–H and O–H groups in total. The van der Waals surface area contributed by atoms with Crippen LogP contribution in [0.3, 0.4) is 0 Å². The number of nitrogens with one attached hydrogen (secondary N) is 1. The van der Waals surface area contributed by atoms with Crippen LogP contribution in [0.5, 0.6) is 0 Å². The van der Waals surface area contributed by atoms with E-state index in [0.717, 1.165) is 17.6 Å². The van der Waals surface area contributed by atoms with Gasteiger partial charge in [0.25, 0.3) is 0 Å². The van der Waals surface area contributed by atoms with Crippen LogP contribution in [-0.4, -0.2) is 57.7 Å². The topological polar surface area (TPSA) is 73.0 Å². The number of nitrogens with zero attached hydrogens (tertiary/aromatic N) is 4. The predicted molar refractivity (Wildman–Crippen MR) is 84.4 cm³/mol. The van der Waals surface area contributed by atoms with Crippen molar-refractivity contribution in [1.29, 1.82) is 0 Å². The van der Waals surface area contributed by atoms with Gasteiger partial charge in [-0.2, -0.15) is 0 Å². The number of rotatable bonds is 5. The van der Waals surface area contributed by atoms with E-state index in [-0.39, 0.29) is 10.9 Å². The molecule has 1 aliphatic rings. The summed E-state index contributed by atoms with van der Waals surface area (Å²) in [7, 11) is 2.29. The highest BCUT2D eigenvalue weighted by molar-refractivity contribution is 5.82. The minimum Gasteiger partial charge on any atom is -0.361 e. The van der Waals surface area contributed by atoms with Gasteiger partial charge in [-0.1, -0.05) is 6.07 Å². The molecule has 22 heavy (non-hydrogen) atoms. The smallest absolute Gasteiger partial charge is 0.178 e. The van der Waals surface area contributed by atoms with Crippen molar-refractivity contribution < 1.29 is 14.9 Å². The third kappa shape index (κ3) is 3.01. The molecule has 2 aromatic heterocycles. The Hall–Kier alpha value is -1.83. The van der Waals surface area contributed by atoms with Crippen LogP contribution in [-0.2, 0) is 0 Å². The van der Waals surface area contributed by atoms with E-state index < -0.39 is 0 Å². The van der Waals surface area contributed by atoms with Crippen LogP contribution < -0.4 is 10.5 Å². The van der Waals surface area contributed by atoms with Crippen LogP contribution in [0.15, 0.2) is 24.4 Å². The van der Waals surface area contributed by atoms with Gasteiger partial charge in [-0.05, 0) is 31.4 Å². The van der Waals surface area contributed by atoms with E-state index in [1.165, 1.54) is 32.4 Å². The van der Waals surface area contributed by atoms with Gasteiger partial charge < -0.3 is 9.80 Å². The Balaban J connectivity index is 1.72. The molecule has 0 aliphatic carbocycles. The van der Waals surface area contributed by atoms with Gasteiger partial charge in [0.1, 0.15) is 0 Å². The molecule has 2 aromatic rings. The molecule has 120 valence electrons. The lowest BCUT2D eigenvalue weighted by Crippen LogP contribution is -2.50. The van der Waals surface area contributed by atoms with Crippen molar-refractivity contribution >= 4 is 17.0 Å². The third-order valence-corrected chi connectivity index (χ3v) is 4.55. The number of pyridine rings is 1. The Morgan fingerprint density at radius 1 is 1.27 bits per heavy atom. The summed E-state index contributed by atoms with van der Waals surface area (Å²) in [5.41, 5.74) is 0.926. The highest BCUT2D eigenvalue weighted by Crippen LogP contribution is 2.28. The zero-order valence-corrected chi connectivity index (χ0v) is 12.9. The summed E-state index contributed by atoms with van der Waals surface area (Å²) in [5.74, 6) is 0.486. The van der Waals surface area contributed by atoms with Gasteiger partial charge in [0.15, 0.2) is 11.5 Å². The summed E-state index contributed by atoms with van der Waals surface area (Å²) in [6, 6.07) is 5.49. The van der Waals surface area contributed by atoms with Crippen LogP contribution in [0.2, 0.25) is 0 Å². The van der Waals surface area contributed by atoms with E-state index in [9.17, 15) is 10.4 Å². The van der Waals surface area contributed by atoms with Crippen LogP contribution in [0, 0.1) is 0 Å². The summed E-state index contributed by atoms with van der Waals surface area (Å²) in [6.45, 7) is 4.18. The van der Waals surface area contributed by atoms with Crippen LogP contribution in [0.4, 0.5) is 11.5 Å². The summed E-state index contributed by atoms with van der Waals surface area (Å²) < 4.78 is 2.70.